The predicted octanol–water partition coefficient (Wildman–Crippen LogP) is 6.62. The molecule has 0 amide bonds. The van der Waals surface area contributed by atoms with Gasteiger partial charge in [0.15, 0.2) is 12.0 Å². The van der Waals surface area contributed by atoms with Gasteiger partial charge in [0.25, 0.3) is 0 Å². The first-order chi connectivity index (χ1) is 13.9. The van der Waals surface area contributed by atoms with E-state index >= 15 is 4.39 Å². The number of unbranched alkanes of at least 4 members (excludes halogenated alkanes) is 2. The van der Waals surface area contributed by atoms with Crippen molar-refractivity contribution >= 4 is 0 Å². The van der Waals surface area contributed by atoms with Crippen molar-refractivity contribution in [1.29, 1.82) is 5.26 Å². The van der Waals surface area contributed by atoms with Crippen molar-refractivity contribution in [2.75, 3.05) is 0 Å². The highest BCUT2D eigenvalue weighted by molar-refractivity contribution is 5.67. The van der Waals surface area contributed by atoms with Gasteiger partial charge < -0.3 is 0 Å². The van der Waals surface area contributed by atoms with E-state index in [0.29, 0.717) is 17.7 Å². The van der Waals surface area contributed by atoms with Gasteiger partial charge in [0, 0.05) is 12.1 Å². The van der Waals surface area contributed by atoms with Crippen molar-refractivity contribution in [3.8, 4) is 17.3 Å². The highest BCUT2D eigenvalue weighted by Crippen LogP contribution is 2.40. The van der Waals surface area contributed by atoms with Crippen LogP contribution >= 0.6 is 0 Å². The van der Waals surface area contributed by atoms with Crippen molar-refractivity contribution in [3.05, 3.63) is 52.7 Å². The summed E-state index contributed by atoms with van der Waals surface area (Å²) in [5, 5.41) is 9.37. The molecule has 1 heterocycles. The summed E-state index contributed by atoms with van der Waals surface area (Å²) in [7, 11) is 0. The minimum absolute atomic E-state index is 0.369. The van der Waals surface area contributed by atoms with Crippen molar-refractivity contribution in [3.63, 3.8) is 0 Å². The Balaban J connectivity index is 2.81. The molecule has 0 aliphatic heterocycles. The minimum atomic E-state index is -0.779. The number of pyridine rings is 1. The molecule has 0 fully saturated rings. The van der Waals surface area contributed by atoms with Crippen molar-refractivity contribution in [2.45, 2.75) is 85.1 Å². The molecule has 0 aliphatic rings. The molecule has 0 unspecified atom stereocenters. The maximum Gasteiger partial charge on any atom is 0.216 e. The SMILES string of the molecule is CCCCCc1cc[n+](CC)c(-c2c(C(C)(CC)CC)cc(F)c(C#N)c2F)c1. The number of hydrogen-bond acceptors (Lipinski definition) is 1. The fourth-order valence-electron chi connectivity index (χ4n) is 3.88. The number of rotatable bonds is 9. The van der Waals surface area contributed by atoms with E-state index in [1.165, 1.54) is 6.07 Å². The Labute approximate surface area is 174 Å². The van der Waals surface area contributed by atoms with Crippen LogP contribution < -0.4 is 4.57 Å². The first-order valence-corrected chi connectivity index (χ1v) is 10.8. The van der Waals surface area contributed by atoms with Crippen LogP contribution in [0.2, 0.25) is 0 Å². The number of hydrogen-bond donors (Lipinski definition) is 0. The van der Waals surface area contributed by atoms with E-state index < -0.39 is 17.2 Å². The fourth-order valence-corrected chi connectivity index (χ4v) is 3.88. The van der Waals surface area contributed by atoms with E-state index in [4.69, 9.17) is 0 Å². The van der Waals surface area contributed by atoms with E-state index in [-0.39, 0.29) is 5.41 Å². The molecular weight excluding hydrogens is 366 g/mol. The van der Waals surface area contributed by atoms with E-state index in [9.17, 15) is 9.65 Å². The van der Waals surface area contributed by atoms with Gasteiger partial charge in [-0.05, 0) is 55.2 Å². The van der Waals surface area contributed by atoms with Gasteiger partial charge >= 0.3 is 0 Å². The molecule has 0 aliphatic carbocycles. The molecule has 0 saturated heterocycles. The fraction of sp³-hybridized carbons (Fsp3) is 0.520. The number of aryl methyl sites for hydroxylation is 2. The van der Waals surface area contributed by atoms with Crippen molar-refractivity contribution in [1.82, 2.24) is 0 Å². The Bertz CT molecular complexity index is 893. The molecule has 0 bridgehead atoms. The van der Waals surface area contributed by atoms with Crippen LogP contribution in [0.5, 0.6) is 0 Å². The van der Waals surface area contributed by atoms with Gasteiger partial charge in [-0.3, -0.25) is 0 Å². The number of nitrogens with zero attached hydrogens (tertiary/aromatic N) is 2. The van der Waals surface area contributed by atoms with Gasteiger partial charge in [-0.15, -0.1) is 0 Å². The normalized spacial score (nSPS) is 11.5. The minimum Gasteiger partial charge on any atom is -0.205 e. The third-order valence-corrected chi connectivity index (χ3v) is 6.31. The quantitative estimate of drug-likeness (QED) is 0.344. The molecule has 0 N–H and O–H groups in total. The molecule has 0 saturated carbocycles. The summed E-state index contributed by atoms with van der Waals surface area (Å²) in [4.78, 5) is 0. The van der Waals surface area contributed by atoms with Crippen LogP contribution in [0.3, 0.4) is 0 Å². The van der Waals surface area contributed by atoms with E-state index in [1.54, 1.807) is 6.07 Å². The van der Waals surface area contributed by atoms with Gasteiger partial charge in [0.2, 0.25) is 5.69 Å². The molecule has 0 spiro atoms. The monoisotopic (exact) mass is 399 g/mol. The van der Waals surface area contributed by atoms with E-state index in [2.05, 4.69) is 13.0 Å². The second-order valence-corrected chi connectivity index (χ2v) is 8.01. The lowest BCUT2D eigenvalue weighted by molar-refractivity contribution is -0.683. The first-order valence-electron chi connectivity index (χ1n) is 10.8. The Hall–Kier alpha value is -2.28. The van der Waals surface area contributed by atoms with Crippen LogP contribution in [0.25, 0.3) is 11.3 Å². The average Bonchev–Trinajstić information content (AvgIpc) is 2.73. The lowest BCUT2D eigenvalue weighted by Gasteiger charge is -2.30. The second-order valence-electron chi connectivity index (χ2n) is 8.01. The van der Waals surface area contributed by atoms with Crippen LogP contribution in [0.1, 0.15) is 83.4 Å². The third kappa shape index (κ3) is 4.66. The van der Waals surface area contributed by atoms with Gasteiger partial charge in [0.1, 0.15) is 24.0 Å². The van der Waals surface area contributed by atoms with Gasteiger partial charge in [-0.25, -0.2) is 8.78 Å². The smallest absolute Gasteiger partial charge is 0.205 e. The molecule has 2 rings (SSSR count). The number of halogens is 2. The zero-order valence-electron chi connectivity index (χ0n) is 18.4. The van der Waals surface area contributed by atoms with Gasteiger partial charge in [-0.2, -0.15) is 9.83 Å². The van der Waals surface area contributed by atoms with Crippen molar-refractivity contribution < 1.29 is 13.3 Å². The predicted molar refractivity (Wildman–Crippen MR) is 114 cm³/mol. The molecule has 2 aromatic rings. The van der Waals surface area contributed by atoms with Crippen LogP contribution in [0.15, 0.2) is 24.4 Å². The highest BCUT2D eigenvalue weighted by Gasteiger charge is 2.34. The Kier molecular flexibility index (Phi) is 7.90. The van der Waals surface area contributed by atoms with Crippen LogP contribution in [0, 0.1) is 23.0 Å². The van der Waals surface area contributed by atoms with Crippen LogP contribution in [-0.4, -0.2) is 0 Å². The number of aromatic nitrogens is 1. The van der Waals surface area contributed by atoms with Gasteiger partial charge in [-0.1, -0.05) is 40.5 Å². The Morgan fingerprint density at radius 3 is 2.31 bits per heavy atom. The molecule has 0 radical (unpaired) electrons. The summed E-state index contributed by atoms with van der Waals surface area (Å²) in [6, 6.07) is 7.20. The van der Waals surface area contributed by atoms with Crippen molar-refractivity contribution in [2.24, 2.45) is 0 Å². The van der Waals surface area contributed by atoms with Crippen LogP contribution in [-0.2, 0) is 18.4 Å². The molecular formula is C25H33F2N2+. The summed E-state index contributed by atoms with van der Waals surface area (Å²) in [6.45, 7) is 11.0. The average molecular weight is 400 g/mol. The summed E-state index contributed by atoms with van der Waals surface area (Å²) >= 11 is 0. The summed E-state index contributed by atoms with van der Waals surface area (Å²) in [5.74, 6) is -1.53. The van der Waals surface area contributed by atoms with Crippen LogP contribution in [0.4, 0.5) is 8.78 Å². The highest BCUT2D eigenvalue weighted by atomic mass is 19.1. The first kappa shape index (κ1) is 23.0. The molecule has 29 heavy (non-hydrogen) atoms. The lowest BCUT2D eigenvalue weighted by atomic mass is 9.74. The van der Waals surface area contributed by atoms with Gasteiger partial charge in [0.05, 0.1) is 5.56 Å². The summed E-state index contributed by atoms with van der Waals surface area (Å²) in [6.07, 6.45) is 7.78. The number of nitriles is 1. The maximum atomic E-state index is 15.6. The van der Waals surface area contributed by atoms with E-state index in [0.717, 1.165) is 49.8 Å². The second kappa shape index (κ2) is 9.96. The Morgan fingerprint density at radius 1 is 1.07 bits per heavy atom. The zero-order chi connectivity index (χ0) is 21.6. The number of benzene rings is 1. The largest absolute Gasteiger partial charge is 0.216 e. The molecule has 1 aromatic heterocycles. The summed E-state index contributed by atoms with van der Waals surface area (Å²) in [5.41, 5.74) is 1.99. The third-order valence-electron chi connectivity index (χ3n) is 6.31. The topological polar surface area (TPSA) is 27.7 Å². The molecule has 1 aromatic carbocycles. The lowest BCUT2D eigenvalue weighted by Crippen LogP contribution is -2.36. The standard InChI is InChI=1S/C25H33F2N2/c1-6-10-11-12-18-13-14-29(9-4)22(15-18)23-20(25(5,7-2)8-3)16-21(26)19(17-28)24(23)27/h13-16H,6-12H2,1-5H3/q+1. The molecule has 156 valence electrons. The van der Waals surface area contributed by atoms with E-state index in [1.807, 2.05) is 44.5 Å². The molecule has 4 heteroatoms. The summed E-state index contributed by atoms with van der Waals surface area (Å²) < 4.78 is 32.2. The molecule has 0 atom stereocenters. The maximum absolute atomic E-state index is 15.6. The zero-order valence-corrected chi connectivity index (χ0v) is 18.4. The molecule has 2 nitrogen and oxygen atoms in total. The Morgan fingerprint density at radius 2 is 1.76 bits per heavy atom.